The zero-order valence-corrected chi connectivity index (χ0v) is 40.7. The lowest BCUT2D eigenvalue weighted by Gasteiger charge is -2.32. The number of fused-ring (bicyclic) bond motifs is 5. The second-order valence-electron chi connectivity index (χ2n) is 18.1. The number of Topliss-reactive ketones (excluding diaryl/α,β-unsaturated/α-hetero) is 3. The molecule has 18 heteroatoms. The number of carbonyl (C=O) groups excluding carboxylic acids is 6. The van der Waals surface area contributed by atoms with Crippen LogP contribution in [-0.2, 0) is 31.0 Å². The SMILES string of the molecule is Cc1nc(-c2ccc(C(C)(C)C)cc2)nc(C)c1C(=O)C[C@@H](CCN)C(=O)N(C)[C@@H]1C(=O)C[C@@H](C)C(=O)N[C@H](C(=O)CCC#N)Cc2cc(NC(N)=O)c(O)c(c2)-c2cc1ccc2OCCN.S. The number of hydrogen-bond donors (Lipinski definition) is 6. The molecular formula is C50H63N9O8S. The van der Waals surface area contributed by atoms with Crippen LogP contribution in [0, 0.1) is 37.0 Å². The maximum atomic E-state index is 14.8. The van der Waals surface area contributed by atoms with Gasteiger partial charge in [-0.2, -0.15) is 18.8 Å². The third-order valence-corrected chi connectivity index (χ3v) is 11.9. The number of nitrogens with two attached hydrogens (primary N) is 3. The Balaban J connectivity index is 0.0000101. The number of rotatable bonds is 15. The number of nitrogens with one attached hydrogen (secondary N) is 2. The molecule has 1 aliphatic rings. The summed E-state index contributed by atoms with van der Waals surface area (Å²) in [7, 11) is 1.43. The first-order valence-corrected chi connectivity index (χ1v) is 22.3. The third kappa shape index (κ3) is 12.8. The molecule has 68 heavy (non-hydrogen) atoms. The summed E-state index contributed by atoms with van der Waals surface area (Å²) in [5, 5.41) is 26.1. The predicted octanol–water partition coefficient (Wildman–Crippen LogP) is 5.62. The Hall–Kier alpha value is -6.68. The van der Waals surface area contributed by atoms with E-state index in [0.29, 0.717) is 22.8 Å². The first-order valence-electron chi connectivity index (χ1n) is 22.3. The number of carbonyl (C=O) groups is 6. The van der Waals surface area contributed by atoms with Gasteiger partial charge < -0.3 is 42.6 Å². The van der Waals surface area contributed by atoms with Gasteiger partial charge in [0.1, 0.15) is 24.1 Å². The number of phenols is 1. The maximum absolute atomic E-state index is 14.8. The van der Waals surface area contributed by atoms with E-state index >= 15 is 0 Å². The number of aryl methyl sites for hydroxylation is 2. The van der Waals surface area contributed by atoms with Crippen LogP contribution in [-0.4, -0.2) is 88.0 Å². The molecule has 362 valence electrons. The van der Waals surface area contributed by atoms with Crippen molar-refractivity contribution < 1.29 is 38.6 Å². The van der Waals surface area contributed by atoms with E-state index < -0.39 is 59.1 Å². The van der Waals surface area contributed by atoms with Crippen molar-refractivity contribution in [1.82, 2.24) is 20.2 Å². The van der Waals surface area contributed by atoms with Gasteiger partial charge in [-0.05, 0) is 79.6 Å². The number of benzene rings is 3. The van der Waals surface area contributed by atoms with Gasteiger partial charge in [-0.15, -0.1) is 0 Å². The number of primary amides is 1. The second kappa shape index (κ2) is 23.4. The van der Waals surface area contributed by atoms with Crippen molar-refractivity contribution in [1.29, 1.82) is 5.26 Å². The highest BCUT2D eigenvalue weighted by Gasteiger charge is 2.37. The molecule has 2 heterocycles. The maximum Gasteiger partial charge on any atom is 0.316 e. The highest BCUT2D eigenvalue weighted by molar-refractivity contribution is 7.59. The van der Waals surface area contributed by atoms with E-state index in [4.69, 9.17) is 21.9 Å². The van der Waals surface area contributed by atoms with Gasteiger partial charge in [0.25, 0.3) is 0 Å². The molecule has 4 aromatic rings. The van der Waals surface area contributed by atoms with E-state index in [1.54, 1.807) is 38.1 Å². The Labute approximate surface area is 404 Å². The zero-order valence-electron chi connectivity index (χ0n) is 39.7. The second-order valence-corrected chi connectivity index (χ2v) is 18.1. The van der Waals surface area contributed by atoms with Crippen molar-refractivity contribution in [2.75, 3.05) is 32.1 Å². The number of phenolic OH excluding ortho intramolecular Hbond substituents is 1. The summed E-state index contributed by atoms with van der Waals surface area (Å²) < 4.78 is 6.02. The number of amides is 4. The summed E-state index contributed by atoms with van der Waals surface area (Å²) >= 11 is 0. The zero-order chi connectivity index (χ0) is 49.3. The molecule has 0 saturated carbocycles. The van der Waals surface area contributed by atoms with Crippen molar-refractivity contribution in [3.05, 3.63) is 88.2 Å². The molecular weight excluding hydrogens is 887 g/mol. The molecule has 1 aliphatic heterocycles. The lowest BCUT2D eigenvalue weighted by atomic mass is 9.86. The van der Waals surface area contributed by atoms with Crippen LogP contribution in [0.1, 0.15) is 104 Å². The van der Waals surface area contributed by atoms with Crippen LogP contribution in [0.25, 0.3) is 22.5 Å². The van der Waals surface area contributed by atoms with Gasteiger partial charge in [0.15, 0.2) is 23.2 Å². The molecule has 4 bridgehead atoms. The Morgan fingerprint density at radius 2 is 1.65 bits per heavy atom. The minimum atomic E-state index is -1.36. The van der Waals surface area contributed by atoms with Gasteiger partial charge in [-0.1, -0.05) is 58.0 Å². The van der Waals surface area contributed by atoms with Crippen LogP contribution >= 0.6 is 13.5 Å². The number of ketones is 3. The predicted molar refractivity (Wildman–Crippen MR) is 263 cm³/mol. The summed E-state index contributed by atoms with van der Waals surface area (Å²) in [6, 6.07) is 14.0. The van der Waals surface area contributed by atoms with Crippen LogP contribution in [0.5, 0.6) is 11.5 Å². The van der Waals surface area contributed by atoms with Crippen LogP contribution in [0.3, 0.4) is 0 Å². The number of nitrogens with zero attached hydrogens (tertiary/aromatic N) is 4. The van der Waals surface area contributed by atoms with Crippen LogP contribution in [0.15, 0.2) is 54.6 Å². The number of anilines is 1. The highest BCUT2D eigenvalue weighted by atomic mass is 32.1. The van der Waals surface area contributed by atoms with Crippen LogP contribution in [0.4, 0.5) is 10.5 Å². The molecule has 5 rings (SSSR count). The van der Waals surface area contributed by atoms with Gasteiger partial charge in [0.05, 0.1) is 34.7 Å². The fraction of sp³-hybridized carbons (Fsp3) is 0.420. The quantitative estimate of drug-likeness (QED) is 0.0624. The van der Waals surface area contributed by atoms with Crippen molar-refractivity contribution >= 4 is 54.4 Å². The Kier molecular flexibility index (Phi) is 18.5. The Morgan fingerprint density at radius 1 is 0.985 bits per heavy atom. The average Bonchev–Trinajstić information content (AvgIpc) is 3.27. The standard InChI is InChI=1S/C50H61N9O8.H2S/c1-27-21-41(62)44(59(7)48(65)33(16-18-52)26-40(61)43-28(2)55-46(56-29(43)3)31-10-13-34(14-11-31)50(4,5)6)32-12-15-42(67-20-19-53)35(25-32)36-22-30(24-38(45(36)63)58-49(54)66)23-37(57-47(27)64)39(60)9-8-17-51;/h10-15,22,24-25,27,33,37,44,63H,8-9,16,18-21,23,26,52-53H2,1-7H3,(H,57,64)(H3,54,58,66);1H2/t27-,33-,37+,44+;/m1./s1. The van der Waals surface area contributed by atoms with Crippen molar-refractivity contribution in [3.8, 4) is 40.1 Å². The van der Waals surface area contributed by atoms with Gasteiger partial charge in [0.2, 0.25) is 11.8 Å². The number of aromatic hydroxyl groups is 1. The first kappa shape index (κ1) is 53.9. The molecule has 0 aliphatic carbocycles. The molecule has 0 fully saturated rings. The van der Waals surface area contributed by atoms with Gasteiger partial charge in [-0.3, -0.25) is 24.0 Å². The molecule has 3 aromatic carbocycles. The summed E-state index contributed by atoms with van der Waals surface area (Å²) in [4.78, 5) is 93.9. The smallest absolute Gasteiger partial charge is 0.316 e. The van der Waals surface area contributed by atoms with Gasteiger partial charge in [0, 0.05) is 67.8 Å². The highest BCUT2D eigenvalue weighted by Crippen LogP contribution is 2.43. The number of hydrogen-bond acceptors (Lipinski definition) is 13. The third-order valence-electron chi connectivity index (χ3n) is 11.9. The van der Waals surface area contributed by atoms with E-state index in [1.807, 2.05) is 30.3 Å². The van der Waals surface area contributed by atoms with E-state index in [9.17, 15) is 39.1 Å². The normalized spacial score (nSPS) is 16.5. The average molecular weight is 950 g/mol. The molecule has 0 saturated heterocycles. The molecule has 1 aromatic heterocycles. The lowest BCUT2D eigenvalue weighted by molar-refractivity contribution is -0.142. The van der Waals surface area contributed by atoms with Crippen molar-refractivity contribution in [2.45, 2.75) is 97.6 Å². The first-order chi connectivity index (χ1) is 31.7. The summed E-state index contributed by atoms with van der Waals surface area (Å²) in [6.07, 6.45) is -0.999. The van der Waals surface area contributed by atoms with E-state index in [2.05, 4.69) is 41.4 Å². The van der Waals surface area contributed by atoms with E-state index in [1.165, 1.54) is 24.9 Å². The molecule has 0 radical (unpaired) electrons. The number of ether oxygens (including phenoxy) is 1. The van der Waals surface area contributed by atoms with Crippen LogP contribution < -0.4 is 32.6 Å². The van der Waals surface area contributed by atoms with Gasteiger partial charge >= 0.3 is 6.03 Å². The van der Waals surface area contributed by atoms with Crippen LogP contribution in [0.2, 0.25) is 0 Å². The molecule has 4 atom stereocenters. The van der Waals surface area contributed by atoms with Crippen molar-refractivity contribution in [2.24, 2.45) is 29.0 Å². The largest absolute Gasteiger partial charge is 0.505 e. The van der Waals surface area contributed by atoms with Gasteiger partial charge in [-0.25, -0.2) is 14.8 Å². The van der Waals surface area contributed by atoms with E-state index in [-0.39, 0.29) is 117 Å². The Morgan fingerprint density at radius 3 is 2.24 bits per heavy atom. The fourth-order valence-electron chi connectivity index (χ4n) is 8.37. The minimum absolute atomic E-state index is 0. The molecule has 4 amide bonds. The Bertz CT molecular complexity index is 2570. The number of aromatic nitrogens is 2. The topological polar surface area (TPSA) is 287 Å². The summed E-state index contributed by atoms with van der Waals surface area (Å²) in [6.45, 7) is 11.5. The monoisotopic (exact) mass is 949 g/mol. The number of likely N-dealkylation sites (N-methyl/N-ethyl adjacent to an activating group) is 1. The summed E-state index contributed by atoms with van der Waals surface area (Å²) in [5.74, 6) is -4.38. The lowest BCUT2D eigenvalue weighted by Crippen LogP contribution is -2.46. The molecule has 0 unspecified atom stereocenters. The number of urea groups is 1. The minimum Gasteiger partial charge on any atom is -0.505 e. The molecule has 9 N–H and O–H groups in total. The fourth-order valence-corrected chi connectivity index (χ4v) is 8.37. The molecule has 0 spiro atoms. The summed E-state index contributed by atoms with van der Waals surface area (Å²) in [5.41, 5.74) is 21.2. The molecule has 17 nitrogen and oxygen atoms in total. The van der Waals surface area contributed by atoms with Crippen molar-refractivity contribution in [3.63, 3.8) is 0 Å². The number of nitriles is 1. The van der Waals surface area contributed by atoms with E-state index in [0.717, 1.165) is 11.1 Å².